The van der Waals surface area contributed by atoms with E-state index in [1.165, 1.54) is 12.1 Å². The molecule has 3 aromatic rings. The summed E-state index contributed by atoms with van der Waals surface area (Å²) >= 11 is 1.62. The first-order chi connectivity index (χ1) is 10.7. The van der Waals surface area contributed by atoms with E-state index in [0.29, 0.717) is 13.1 Å². The molecule has 0 aliphatic heterocycles. The first kappa shape index (κ1) is 14.5. The van der Waals surface area contributed by atoms with Gasteiger partial charge in [-0.15, -0.1) is 0 Å². The second-order valence-corrected chi connectivity index (χ2v) is 5.49. The molecule has 0 saturated heterocycles. The molecule has 6 heteroatoms. The van der Waals surface area contributed by atoms with E-state index in [1.54, 1.807) is 28.2 Å². The minimum atomic E-state index is -0.515. The van der Waals surface area contributed by atoms with E-state index in [4.69, 9.17) is 0 Å². The van der Waals surface area contributed by atoms with Gasteiger partial charge in [0, 0.05) is 23.7 Å². The van der Waals surface area contributed by atoms with Gasteiger partial charge in [-0.2, -0.15) is 16.4 Å². The largest absolute Gasteiger partial charge is 0.350 e. The number of halogens is 1. The molecule has 0 spiro atoms. The first-order valence-corrected chi connectivity index (χ1v) is 7.77. The van der Waals surface area contributed by atoms with Crippen molar-refractivity contribution in [2.24, 2.45) is 0 Å². The Balaban J connectivity index is 1.55. The molecule has 0 fully saturated rings. The van der Waals surface area contributed by atoms with Crippen molar-refractivity contribution in [3.63, 3.8) is 0 Å². The Bertz CT molecular complexity index is 767. The molecule has 0 aliphatic rings. The Morgan fingerprint density at radius 1 is 1.27 bits per heavy atom. The molecule has 0 bridgehead atoms. The fourth-order valence-corrected chi connectivity index (χ4v) is 2.72. The van der Waals surface area contributed by atoms with E-state index in [-0.39, 0.29) is 5.56 Å². The Hall–Kier alpha value is -2.47. The average molecular weight is 315 g/mol. The van der Waals surface area contributed by atoms with Crippen molar-refractivity contribution in [3.05, 3.63) is 64.7 Å². The number of thiophene rings is 1. The highest BCUT2D eigenvalue weighted by molar-refractivity contribution is 7.08. The van der Waals surface area contributed by atoms with Gasteiger partial charge in [0.05, 0.1) is 17.8 Å². The number of carbonyl (C=O) groups is 1. The third-order valence-electron chi connectivity index (χ3n) is 3.20. The summed E-state index contributed by atoms with van der Waals surface area (Å²) in [5.41, 5.74) is 2.04. The van der Waals surface area contributed by atoms with Crippen LogP contribution in [0.4, 0.5) is 4.39 Å². The van der Waals surface area contributed by atoms with E-state index < -0.39 is 11.7 Å². The molecule has 0 aliphatic carbocycles. The van der Waals surface area contributed by atoms with Gasteiger partial charge in [-0.1, -0.05) is 12.1 Å². The normalized spacial score (nSPS) is 10.6. The van der Waals surface area contributed by atoms with Crippen molar-refractivity contribution < 1.29 is 9.18 Å². The van der Waals surface area contributed by atoms with Crippen molar-refractivity contribution in [1.29, 1.82) is 0 Å². The van der Waals surface area contributed by atoms with Gasteiger partial charge in [0.15, 0.2) is 0 Å². The van der Waals surface area contributed by atoms with Gasteiger partial charge in [0.1, 0.15) is 5.82 Å². The maximum atomic E-state index is 13.5. The van der Waals surface area contributed by atoms with Crippen LogP contribution in [-0.2, 0) is 6.54 Å². The van der Waals surface area contributed by atoms with Crippen LogP contribution >= 0.6 is 11.3 Å². The summed E-state index contributed by atoms with van der Waals surface area (Å²) in [5, 5.41) is 11.2. The molecule has 0 radical (unpaired) electrons. The number of rotatable bonds is 5. The van der Waals surface area contributed by atoms with Crippen LogP contribution in [0.3, 0.4) is 0 Å². The maximum Gasteiger partial charge on any atom is 0.254 e. The fourth-order valence-electron chi connectivity index (χ4n) is 2.07. The highest BCUT2D eigenvalue weighted by Gasteiger charge is 2.10. The molecule has 112 valence electrons. The number of nitrogens with one attached hydrogen (secondary N) is 1. The molecule has 0 unspecified atom stereocenters. The van der Waals surface area contributed by atoms with E-state index in [9.17, 15) is 9.18 Å². The number of benzene rings is 1. The summed E-state index contributed by atoms with van der Waals surface area (Å²) in [4.78, 5) is 11.9. The Labute approximate surface area is 131 Å². The second kappa shape index (κ2) is 6.53. The molecule has 2 aromatic heterocycles. The summed E-state index contributed by atoms with van der Waals surface area (Å²) in [6.07, 6.45) is 1.86. The number of hydrogen-bond acceptors (Lipinski definition) is 3. The zero-order valence-corrected chi connectivity index (χ0v) is 12.5. The lowest BCUT2D eigenvalue weighted by molar-refractivity contribution is 0.0948. The summed E-state index contributed by atoms with van der Waals surface area (Å²) in [6, 6.07) is 9.88. The van der Waals surface area contributed by atoms with Gasteiger partial charge in [0.2, 0.25) is 0 Å². The lowest BCUT2D eigenvalue weighted by Gasteiger charge is -2.06. The van der Waals surface area contributed by atoms with E-state index in [1.807, 2.05) is 29.1 Å². The van der Waals surface area contributed by atoms with Gasteiger partial charge in [-0.05, 0) is 29.6 Å². The molecule has 3 rings (SSSR count). The minimum absolute atomic E-state index is 0.0573. The molecule has 1 aromatic carbocycles. The van der Waals surface area contributed by atoms with Crippen LogP contribution in [0.15, 0.2) is 53.4 Å². The average Bonchev–Trinajstić information content (AvgIpc) is 3.18. The van der Waals surface area contributed by atoms with Gasteiger partial charge in [-0.3, -0.25) is 9.48 Å². The quantitative estimate of drug-likeness (QED) is 0.786. The van der Waals surface area contributed by atoms with E-state index in [0.717, 1.165) is 11.3 Å². The summed E-state index contributed by atoms with van der Waals surface area (Å²) in [6.45, 7) is 0.919. The number of aromatic nitrogens is 2. The van der Waals surface area contributed by atoms with Crippen LogP contribution in [0.1, 0.15) is 10.4 Å². The SMILES string of the molecule is O=C(NCCn1ccc(-c2ccsc2)n1)c1ccccc1F. The van der Waals surface area contributed by atoms with Crippen molar-refractivity contribution in [2.75, 3.05) is 6.54 Å². The Kier molecular flexibility index (Phi) is 4.29. The molecule has 1 amide bonds. The van der Waals surface area contributed by atoms with Crippen molar-refractivity contribution in [1.82, 2.24) is 15.1 Å². The second-order valence-electron chi connectivity index (χ2n) is 4.71. The number of hydrogen-bond donors (Lipinski definition) is 1. The van der Waals surface area contributed by atoms with Crippen LogP contribution in [0.25, 0.3) is 11.3 Å². The fraction of sp³-hybridized carbons (Fsp3) is 0.125. The molecule has 0 saturated carbocycles. The highest BCUT2D eigenvalue weighted by Crippen LogP contribution is 2.19. The Morgan fingerprint density at radius 2 is 2.14 bits per heavy atom. The van der Waals surface area contributed by atoms with Crippen LogP contribution in [0, 0.1) is 5.82 Å². The van der Waals surface area contributed by atoms with Crippen molar-refractivity contribution in [2.45, 2.75) is 6.54 Å². The van der Waals surface area contributed by atoms with Crippen LogP contribution in [0.5, 0.6) is 0 Å². The van der Waals surface area contributed by atoms with Gasteiger partial charge in [-0.25, -0.2) is 4.39 Å². The van der Waals surface area contributed by atoms with Crippen LogP contribution in [0.2, 0.25) is 0 Å². The smallest absolute Gasteiger partial charge is 0.254 e. The maximum absolute atomic E-state index is 13.5. The van der Waals surface area contributed by atoms with E-state index >= 15 is 0 Å². The number of nitrogens with zero attached hydrogens (tertiary/aromatic N) is 2. The third kappa shape index (κ3) is 3.23. The zero-order valence-electron chi connectivity index (χ0n) is 11.7. The summed E-state index contributed by atoms with van der Waals surface area (Å²) in [5.74, 6) is -0.929. The number of amides is 1. The lowest BCUT2D eigenvalue weighted by atomic mass is 10.2. The Morgan fingerprint density at radius 3 is 2.91 bits per heavy atom. The van der Waals surface area contributed by atoms with Gasteiger partial charge < -0.3 is 5.32 Å². The molecule has 2 heterocycles. The minimum Gasteiger partial charge on any atom is -0.350 e. The summed E-state index contributed by atoms with van der Waals surface area (Å²) in [7, 11) is 0. The highest BCUT2D eigenvalue weighted by atomic mass is 32.1. The monoisotopic (exact) mass is 315 g/mol. The molecular formula is C16H14FN3OS. The lowest BCUT2D eigenvalue weighted by Crippen LogP contribution is -2.28. The molecule has 4 nitrogen and oxygen atoms in total. The predicted octanol–water partition coefficient (Wildman–Crippen LogP) is 3.18. The zero-order chi connectivity index (χ0) is 15.4. The number of carbonyl (C=O) groups excluding carboxylic acids is 1. The molecule has 0 atom stereocenters. The molecule has 22 heavy (non-hydrogen) atoms. The topological polar surface area (TPSA) is 46.9 Å². The van der Waals surface area contributed by atoms with Crippen LogP contribution in [-0.4, -0.2) is 22.2 Å². The predicted molar refractivity (Wildman–Crippen MR) is 84.3 cm³/mol. The van der Waals surface area contributed by atoms with Gasteiger partial charge >= 0.3 is 0 Å². The first-order valence-electron chi connectivity index (χ1n) is 6.83. The van der Waals surface area contributed by atoms with Crippen molar-refractivity contribution >= 4 is 17.2 Å². The van der Waals surface area contributed by atoms with Crippen molar-refractivity contribution in [3.8, 4) is 11.3 Å². The van der Waals surface area contributed by atoms with Gasteiger partial charge in [0.25, 0.3) is 5.91 Å². The third-order valence-corrected chi connectivity index (χ3v) is 3.89. The van der Waals surface area contributed by atoms with Crippen LogP contribution < -0.4 is 5.32 Å². The molecular weight excluding hydrogens is 301 g/mol. The van der Waals surface area contributed by atoms with E-state index in [2.05, 4.69) is 10.4 Å². The summed E-state index contributed by atoms with van der Waals surface area (Å²) < 4.78 is 15.2. The molecule has 1 N–H and O–H groups in total. The standard InChI is InChI=1S/C16H14FN3OS/c17-14-4-2-1-3-13(14)16(21)18-7-9-20-8-5-15(19-20)12-6-10-22-11-12/h1-6,8,10-11H,7,9H2,(H,18,21).